The number of nitrogens with zero attached hydrogens (tertiary/aromatic N) is 2. The van der Waals surface area contributed by atoms with E-state index in [0.29, 0.717) is 10.0 Å². The average Bonchev–Trinajstić information content (AvgIpc) is 2.97. The van der Waals surface area contributed by atoms with E-state index in [4.69, 9.17) is 11.6 Å². The molecule has 0 fully saturated rings. The maximum Gasteiger partial charge on any atom is 0.169 e. The van der Waals surface area contributed by atoms with Gasteiger partial charge in [0.25, 0.3) is 0 Å². The first kappa shape index (κ1) is 17.0. The molecule has 122 valence electrons. The predicted molar refractivity (Wildman–Crippen MR) is 99.7 cm³/mol. The molecular formula is C17H13ClN2O2S2. The first-order chi connectivity index (χ1) is 11.5. The van der Waals surface area contributed by atoms with Crippen molar-refractivity contribution in [2.75, 3.05) is 0 Å². The molecule has 4 nitrogen and oxygen atoms in total. The van der Waals surface area contributed by atoms with Gasteiger partial charge in [0.05, 0.1) is 10.3 Å². The lowest BCUT2D eigenvalue weighted by molar-refractivity contribution is -0.113. The molecular weight excluding hydrogens is 364 g/mol. The van der Waals surface area contributed by atoms with E-state index < -0.39 is 0 Å². The molecule has 0 saturated heterocycles. The number of hydrogen-bond donors (Lipinski definition) is 1. The van der Waals surface area contributed by atoms with Gasteiger partial charge in [0, 0.05) is 16.0 Å². The molecule has 0 bridgehead atoms. The molecule has 0 aliphatic rings. The quantitative estimate of drug-likeness (QED) is 0.282. The second-order valence-corrected chi connectivity index (χ2v) is 7.38. The van der Waals surface area contributed by atoms with E-state index >= 15 is 0 Å². The maximum atomic E-state index is 11.8. The number of ketones is 1. The number of rotatable bonds is 4. The second kappa shape index (κ2) is 6.93. The normalized spacial score (nSPS) is 12.3. The molecule has 3 rings (SSSR count). The van der Waals surface area contributed by atoms with Crippen LogP contribution in [0.1, 0.15) is 13.8 Å². The van der Waals surface area contributed by atoms with E-state index in [1.54, 1.807) is 0 Å². The number of halogens is 1. The van der Waals surface area contributed by atoms with Crippen LogP contribution in [0.4, 0.5) is 0 Å². The van der Waals surface area contributed by atoms with Crippen molar-refractivity contribution in [3.63, 3.8) is 0 Å². The van der Waals surface area contributed by atoms with Gasteiger partial charge in [-0.3, -0.25) is 4.79 Å². The fourth-order valence-electron chi connectivity index (χ4n) is 2.26. The highest BCUT2D eigenvalue weighted by molar-refractivity contribution is 8.04. The van der Waals surface area contributed by atoms with Crippen LogP contribution in [0.2, 0.25) is 5.02 Å². The van der Waals surface area contributed by atoms with Crippen LogP contribution < -0.4 is 0 Å². The van der Waals surface area contributed by atoms with Crippen molar-refractivity contribution in [2.45, 2.75) is 18.9 Å². The van der Waals surface area contributed by atoms with Crippen LogP contribution in [0.3, 0.4) is 0 Å². The number of Topliss-reactive ketones (excluding diaryl/α,β-unsaturated/α-hetero) is 1. The van der Waals surface area contributed by atoms with Crippen molar-refractivity contribution >= 4 is 50.7 Å². The Kier molecular flexibility index (Phi) is 4.89. The third-order valence-corrected chi connectivity index (χ3v) is 5.77. The number of allylic oxidation sites excluding steroid dienone is 2. The number of aromatic nitrogens is 2. The highest BCUT2D eigenvalue weighted by atomic mass is 35.5. The van der Waals surface area contributed by atoms with Crippen molar-refractivity contribution in [2.24, 2.45) is 0 Å². The van der Waals surface area contributed by atoms with Gasteiger partial charge in [-0.2, -0.15) is 0 Å². The molecule has 1 aromatic carbocycles. The summed E-state index contributed by atoms with van der Waals surface area (Å²) >= 11 is 8.63. The van der Waals surface area contributed by atoms with Gasteiger partial charge < -0.3 is 5.11 Å². The smallest absolute Gasteiger partial charge is 0.169 e. The largest absolute Gasteiger partial charge is 0.511 e. The molecule has 0 spiro atoms. The third-order valence-electron chi connectivity index (χ3n) is 3.34. The molecule has 0 atom stereocenters. The van der Waals surface area contributed by atoms with Gasteiger partial charge in [0.2, 0.25) is 0 Å². The summed E-state index contributed by atoms with van der Waals surface area (Å²) in [6, 6.07) is 7.53. The molecule has 0 radical (unpaired) electrons. The highest BCUT2D eigenvalue weighted by Crippen LogP contribution is 2.40. The number of carbonyl (C=O) groups excluding carboxylic acids is 1. The zero-order valence-electron chi connectivity index (χ0n) is 12.9. The number of carbonyl (C=O) groups is 1. The molecule has 3 aromatic rings. The first-order valence-corrected chi connectivity index (χ1v) is 9.11. The maximum absolute atomic E-state index is 11.8. The van der Waals surface area contributed by atoms with Crippen LogP contribution in [-0.4, -0.2) is 20.9 Å². The van der Waals surface area contributed by atoms with Gasteiger partial charge in [-0.1, -0.05) is 35.5 Å². The Morgan fingerprint density at radius 1 is 1.21 bits per heavy atom. The number of thioether (sulfide) groups is 1. The minimum Gasteiger partial charge on any atom is -0.511 e. The van der Waals surface area contributed by atoms with Gasteiger partial charge in [0.15, 0.2) is 5.78 Å². The third kappa shape index (κ3) is 3.31. The zero-order valence-corrected chi connectivity index (χ0v) is 15.3. The van der Waals surface area contributed by atoms with Crippen molar-refractivity contribution in [3.8, 4) is 11.1 Å². The number of fused-ring (bicyclic) bond motifs is 1. The second-order valence-electron chi connectivity index (χ2n) is 5.09. The van der Waals surface area contributed by atoms with E-state index in [1.807, 2.05) is 29.6 Å². The van der Waals surface area contributed by atoms with Gasteiger partial charge in [-0.15, -0.1) is 11.3 Å². The lowest BCUT2D eigenvalue weighted by atomic mass is 10.1. The van der Waals surface area contributed by atoms with Gasteiger partial charge in [-0.05, 0) is 31.5 Å². The average molecular weight is 377 g/mol. The summed E-state index contributed by atoms with van der Waals surface area (Å²) in [5.41, 5.74) is 1.98. The fourth-order valence-corrected chi connectivity index (χ4v) is 4.26. The molecule has 0 unspecified atom stereocenters. The van der Waals surface area contributed by atoms with E-state index in [0.717, 1.165) is 33.1 Å². The minimum absolute atomic E-state index is 0.0115. The summed E-state index contributed by atoms with van der Waals surface area (Å²) in [6.07, 6.45) is 1.47. The van der Waals surface area contributed by atoms with Gasteiger partial charge in [-0.25, -0.2) is 9.97 Å². The predicted octanol–water partition coefficient (Wildman–Crippen LogP) is 5.48. The molecule has 0 saturated carbocycles. The molecule has 0 amide bonds. The molecule has 0 aliphatic heterocycles. The molecule has 7 heteroatoms. The molecule has 2 aromatic heterocycles. The first-order valence-electron chi connectivity index (χ1n) is 7.04. The topological polar surface area (TPSA) is 63.1 Å². The highest BCUT2D eigenvalue weighted by Gasteiger charge is 2.18. The Morgan fingerprint density at radius 2 is 1.92 bits per heavy atom. The van der Waals surface area contributed by atoms with Crippen molar-refractivity contribution in [1.82, 2.24) is 9.97 Å². The summed E-state index contributed by atoms with van der Waals surface area (Å²) < 4.78 is 0. The number of benzene rings is 1. The van der Waals surface area contributed by atoms with E-state index in [-0.39, 0.29) is 16.4 Å². The SMILES string of the molecule is CC(=O)C(Sc1ncnc2scc(-c3ccc(Cl)cc3)c12)=C(C)O. The van der Waals surface area contributed by atoms with Crippen LogP contribution in [-0.2, 0) is 4.79 Å². The van der Waals surface area contributed by atoms with E-state index in [9.17, 15) is 9.90 Å². The number of aliphatic hydroxyl groups excluding tert-OH is 1. The van der Waals surface area contributed by atoms with Crippen molar-refractivity contribution in [1.29, 1.82) is 0 Å². The monoisotopic (exact) mass is 376 g/mol. The molecule has 2 heterocycles. The summed E-state index contributed by atoms with van der Waals surface area (Å²) in [6.45, 7) is 2.92. The Balaban J connectivity index is 2.16. The van der Waals surface area contributed by atoms with Crippen LogP contribution >= 0.6 is 34.7 Å². The Bertz CT molecular complexity index is 945. The van der Waals surface area contributed by atoms with Crippen LogP contribution in [0.5, 0.6) is 0 Å². The Morgan fingerprint density at radius 3 is 2.54 bits per heavy atom. The summed E-state index contributed by atoms with van der Waals surface area (Å²) in [5, 5.41) is 14.0. The minimum atomic E-state index is -0.199. The van der Waals surface area contributed by atoms with Gasteiger partial charge in [0.1, 0.15) is 21.9 Å². The Labute approximate surface area is 152 Å². The summed E-state index contributed by atoms with van der Waals surface area (Å²) in [5.74, 6) is -0.211. The van der Waals surface area contributed by atoms with Crippen LogP contribution in [0.25, 0.3) is 21.3 Å². The molecule has 24 heavy (non-hydrogen) atoms. The van der Waals surface area contributed by atoms with E-state index in [1.165, 1.54) is 31.5 Å². The summed E-state index contributed by atoms with van der Waals surface area (Å²) in [7, 11) is 0. The molecule has 1 N–H and O–H groups in total. The fraction of sp³-hybridized carbons (Fsp3) is 0.118. The van der Waals surface area contributed by atoms with Gasteiger partial charge >= 0.3 is 0 Å². The number of thiophene rings is 1. The lowest BCUT2D eigenvalue weighted by Crippen LogP contribution is -1.97. The number of hydrogen-bond acceptors (Lipinski definition) is 6. The van der Waals surface area contributed by atoms with Crippen molar-refractivity contribution in [3.05, 3.63) is 51.7 Å². The number of aliphatic hydroxyl groups is 1. The lowest BCUT2D eigenvalue weighted by Gasteiger charge is -2.07. The zero-order chi connectivity index (χ0) is 17.3. The Hall–Kier alpha value is -1.89. The van der Waals surface area contributed by atoms with Crippen LogP contribution in [0, 0.1) is 0 Å². The van der Waals surface area contributed by atoms with Crippen molar-refractivity contribution < 1.29 is 9.90 Å². The standard InChI is InChI=1S/C17H13ClN2O2S2/c1-9(21)15(10(2)22)24-17-14-13(7-23-16(14)19-8-20-17)11-3-5-12(18)6-4-11/h3-8,21H,1-2H3. The van der Waals surface area contributed by atoms with Crippen LogP contribution in [0.15, 0.2) is 51.7 Å². The summed E-state index contributed by atoms with van der Waals surface area (Å²) in [4.78, 5) is 21.5. The molecule has 0 aliphatic carbocycles. The van der Waals surface area contributed by atoms with E-state index in [2.05, 4.69) is 9.97 Å².